The zero-order chi connectivity index (χ0) is 16.4. The van der Waals surface area contributed by atoms with Crippen molar-refractivity contribution >= 4 is 16.9 Å². The lowest BCUT2D eigenvalue weighted by Crippen LogP contribution is -2.36. The maximum Gasteiger partial charge on any atom is 0.271 e. The number of aromatic amines is 1. The van der Waals surface area contributed by atoms with Crippen molar-refractivity contribution in [3.63, 3.8) is 0 Å². The summed E-state index contributed by atoms with van der Waals surface area (Å²) in [5, 5.41) is 7.74. The molecule has 0 unspecified atom stereocenters. The topological polar surface area (TPSA) is 71.4 Å². The standard InChI is InChI=1S/C18H19N3O3/c22-18(16-4-6-19-20-16)21-7-9-23-12-13(11-21)10-14-2-1-3-17-15(14)5-8-24-17/h1-6,8,13H,7,9-12H2,(H,19,20)/t13-/m1/s1. The van der Waals surface area contributed by atoms with E-state index in [0.717, 1.165) is 17.4 Å². The Morgan fingerprint density at radius 3 is 3.17 bits per heavy atom. The van der Waals surface area contributed by atoms with E-state index in [4.69, 9.17) is 9.15 Å². The summed E-state index contributed by atoms with van der Waals surface area (Å²) >= 11 is 0. The number of hydrogen-bond donors (Lipinski definition) is 1. The fourth-order valence-electron chi connectivity index (χ4n) is 3.28. The van der Waals surface area contributed by atoms with Crippen LogP contribution < -0.4 is 0 Å². The van der Waals surface area contributed by atoms with Crippen LogP contribution in [-0.4, -0.2) is 47.3 Å². The molecule has 0 saturated carbocycles. The van der Waals surface area contributed by atoms with E-state index in [1.54, 1.807) is 18.5 Å². The van der Waals surface area contributed by atoms with Crippen LogP contribution in [0.5, 0.6) is 0 Å². The lowest BCUT2D eigenvalue weighted by atomic mass is 9.97. The second kappa shape index (κ2) is 6.49. The Labute approximate surface area is 139 Å². The number of nitrogens with zero attached hydrogens (tertiary/aromatic N) is 2. The third-order valence-corrected chi connectivity index (χ3v) is 4.45. The van der Waals surface area contributed by atoms with E-state index >= 15 is 0 Å². The van der Waals surface area contributed by atoms with E-state index < -0.39 is 0 Å². The number of hydrogen-bond acceptors (Lipinski definition) is 4. The molecular formula is C18H19N3O3. The van der Waals surface area contributed by atoms with Crippen LogP contribution in [-0.2, 0) is 11.2 Å². The highest BCUT2D eigenvalue weighted by atomic mass is 16.5. The first-order valence-electron chi connectivity index (χ1n) is 8.13. The molecule has 3 aromatic rings. The molecular weight excluding hydrogens is 306 g/mol. The zero-order valence-corrected chi connectivity index (χ0v) is 13.3. The van der Waals surface area contributed by atoms with Gasteiger partial charge in [0.15, 0.2) is 0 Å². The third-order valence-electron chi connectivity index (χ3n) is 4.45. The van der Waals surface area contributed by atoms with Gasteiger partial charge in [0.2, 0.25) is 0 Å². The Morgan fingerprint density at radius 1 is 1.33 bits per heavy atom. The molecule has 1 aliphatic heterocycles. The van der Waals surface area contributed by atoms with Gasteiger partial charge in [-0.05, 0) is 30.2 Å². The molecule has 1 atom stereocenters. The van der Waals surface area contributed by atoms with Crippen LogP contribution in [0.4, 0.5) is 0 Å². The number of H-pyrrole nitrogens is 1. The predicted octanol–water partition coefficient (Wildman–Crippen LogP) is 2.49. The molecule has 1 fully saturated rings. The van der Waals surface area contributed by atoms with Crippen molar-refractivity contribution in [2.45, 2.75) is 6.42 Å². The Hall–Kier alpha value is -2.60. The number of carbonyl (C=O) groups excluding carboxylic acids is 1. The minimum Gasteiger partial charge on any atom is -0.464 e. The maximum atomic E-state index is 12.6. The van der Waals surface area contributed by atoms with Crippen LogP contribution in [0.2, 0.25) is 0 Å². The summed E-state index contributed by atoms with van der Waals surface area (Å²) in [5.74, 6) is 0.226. The molecule has 2 aromatic heterocycles. The average Bonchev–Trinajstić information content (AvgIpc) is 3.24. The van der Waals surface area contributed by atoms with Gasteiger partial charge in [-0.15, -0.1) is 0 Å². The molecule has 1 N–H and O–H groups in total. The van der Waals surface area contributed by atoms with Gasteiger partial charge in [-0.2, -0.15) is 5.10 Å². The lowest BCUT2D eigenvalue weighted by molar-refractivity contribution is 0.0731. The first kappa shape index (κ1) is 15.0. The molecule has 1 saturated heterocycles. The first-order chi connectivity index (χ1) is 11.8. The molecule has 1 aliphatic rings. The van der Waals surface area contributed by atoms with E-state index in [1.807, 2.05) is 23.1 Å². The van der Waals surface area contributed by atoms with E-state index in [2.05, 4.69) is 16.3 Å². The maximum absolute atomic E-state index is 12.6. The fraction of sp³-hybridized carbons (Fsp3) is 0.333. The Morgan fingerprint density at radius 2 is 2.29 bits per heavy atom. The van der Waals surface area contributed by atoms with Crippen molar-refractivity contribution in [2.75, 3.05) is 26.3 Å². The van der Waals surface area contributed by atoms with Crippen LogP contribution in [0, 0.1) is 5.92 Å². The molecule has 4 rings (SSSR count). The monoisotopic (exact) mass is 325 g/mol. The summed E-state index contributed by atoms with van der Waals surface area (Å²) in [4.78, 5) is 14.4. The normalized spacial score (nSPS) is 18.7. The third kappa shape index (κ3) is 2.92. The minimum atomic E-state index is -0.0236. The molecule has 24 heavy (non-hydrogen) atoms. The van der Waals surface area contributed by atoms with Gasteiger partial charge in [-0.1, -0.05) is 12.1 Å². The number of carbonyl (C=O) groups is 1. The first-order valence-corrected chi connectivity index (χ1v) is 8.13. The van der Waals surface area contributed by atoms with Gasteiger partial charge in [0, 0.05) is 30.6 Å². The van der Waals surface area contributed by atoms with Crippen molar-refractivity contribution in [2.24, 2.45) is 5.92 Å². The van der Waals surface area contributed by atoms with E-state index in [1.165, 1.54) is 5.56 Å². The van der Waals surface area contributed by atoms with Crippen LogP contribution >= 0.6 is 0 Å². The molecule has 0 aliphatic carbocycles. The SMILES string of the molecule is O=C(c1ccn[nH]1)N1CCOC[C@H](Cc2cccc3occc23)C1. The number of rotatable bonds is 3. The van der Waals surface area contributed by atoms with Crippen molar-refractivity contribution < 1.29 is 13.9 Å². The molecule has 6 heteroatoms. The van der Waals surface area contributed by atoms with E-state index in [9.17, 15) is 4.79 Å². The molecule has 3 heterocycles. The van der Waals surface area contributed by atoms with Crippen LogP contribution in [0.3, 0.4) is 0 Å². The van der Waals surface area contributed by atoms with Gasteiger partial charge in [0.05, 0.1) is 19.5 Å². The Balaban J connectivity index is 1.52. The number of furan rings is 1. The number of benzene rings is 1. The van der Waals surface area contributed by atoms with Gasteiger partial charge in [-0.25, -0.2) is 0 Å². The highest BCUT2D eigenvalue weighted by Gasteiger charge is 2.24. The Kier molecular flexibility index (Phi) is 4.04. The average molecular weight is 325 g/mol. The second-order valence-corrected chi connectivity index (χ2v) is 6.12. The fourth-order valence-corrected chi connectivity index (χ4v) is 3.28. The number of aromatic nitrogens is 2. The number of amides is 1. The summed E-state index contributed by atoms with van der Waals surface area (Å²) in [5.41, 5.74) is 2.64. The summed E-state index contributed by atoms with van der Waals surface area (Å²) < 4.78 is 11.2. The van der Waals surface area contributed by atoms with Crippen LogP contribution in [0.25, 0.3) is 11.0 Å². The van der Waals surface area contributed by atoms with Crippen LogP contribution in [0.1, 0.15) is 16.1 Å². The molecule has 1 aromatic carbocycles. The van der Waals surface area contributed by atoms with Crippen molar-refractivity contribution in [3.8, 4) is 0 Å². The molecule has 6 nitrogen and oxygen atoms in total. The van der Waals surface area contributed by atoms with Crippen LogP contribution in [0.15, 0.2) is 47.2 Å². The van der Waals surface area contributed by atoms with Gasteiger partial charge in [0.1, 0.15) is 11.3 Å². The van der Waals surface area contributed by atoms with Gasteiger partial charge in [0.25, 0.3) is 5.91 Å². The smallest absolute Gasteiger partial charge is 0.271 e. The molecule has 0 radical (unpaired) electrons. The minimum absolute atomic E-state index is 0.0236. The zero-order valence-electron chi connectivity index (χ0n) is 13.3. The van der Waals surface area contributed by atoms with Gasteiger partial charge < -0.3 is 14.1 Å². The molecule has 124 valence electrons. The number of nitrogens with one attached hydrogen (secondary N) is 1. The highest BCUT2D eigenvalue weighted by molar-refractivity contribution is 5.92. The largest absolute Gasteiger partial charge is 0.464 e. The molecule has 0 bridgehead atoms. The molecule has 0 spiro atoms. The molecule has 1 amide bonds. The number of fused-ring (bicyclic) bond motifs is 1. The van der Waals surface area contributed by atoms with Gasteiger partial charge >= 0.3 is 0 Å². The summed E-state index contributed by atoms with van der Waals surface area (Å²) in [6.45, 7) is 2.49. The van der Waals surface area contributed by atoms with Crippen molar-refractivity contribution in [1.29, 1.82) is 0 Å². The summed E-state index contributed by atoms with van der Waals surface area (Å²) in [6.07, 6.45) is 4.16. The summed E-state index contributed by atoms with van der Waals surface area (Å²) in [6, 6.07) is 9.79. The number of ether oxygens (including phenoxy) is 1. The van der Waals surface area contributed by atoms with Gasteiger partial charge in [-0.3, -0.25) is 9.89 Å². The van der Waals surface area contributed by atoms with E-state index in [0.29, 0.717) is 32.0 Å². The lowest BCUT2D eigenvalue weighted by Gasteiger charge is -2.23. The van der Waals surface area contributed by atoms with Crippen molar-refractivity contribution in [3.05, 3.63) is 54.0 Å². The van der Waals surface area contributed by atoms with Crippen molar-refractivity contribution in [1.82, 2.24) is 15.1 Å². The highest BCUT2D eigenvalue weighted by Crippen LogP contribution is 2.24. The Bertz CT molecular complexity index is 825. The second-order valence-electron chi connectivity index (χ2n) is 6.12. The van der Waals surface area contributed by atoms with E-state index in [-0.39, 0.29) is 11.8 Å². The predicted molar refractivity (Wildman–Crippen MR) is 88.7 cm³/mol. The summed E-state index contributed by atoms with van der Waals surface area (Å²) in [7, 11) is 0. The quantitative estimate of drug-likeness (QED) is 0.803.